The number of ether oxygens (including phenoxy) is 1. The molecule has 2 heterocycles. The molecule has 0 bridgehead atoms. The van der Waals surface area contributed by atoms with Crippen LogP contribution in [0.4, 0.5) is 0 Å². The van der Waals surface area contributed by atoms with Gasteiger partial charge in [-0.25, -0.2) is 0 Å². The van der Waals surface area contributed by atoms with Crippen molar-refractivity contribution in [3.05, 3.63) is 33.5 Å². The summed E-state index contributed by atoms with van der Waals surface area (Å²) in [4.78, 5) is 13.2. The maximum absolute atomic E-state index is 12.0. The molecular weight excluding hydrogens is 256 g/mol. The zero-order valence-corrected chi connectivity index (χ0v) is 10.9. The van der Waals surface area contributed by atoms with Gasteiger partial charge in [-0.05, 0) is 31.4 Å². The molecule has 2 nitrogen and oxygen atoms in total. The molecule has 17 heavy (non-hydrogen) atoms. The van der Waals surface area contributed by atoms with E-state index in [1.807, 2.05) is 12.1 Å². The number of esters is 1. The van der Waals surface area contributed by atoms with Gasteiger partial charge < -0.3 is 4.74 Å². The van der Waals surface area contributed by atoms with E-state index < -0.39 is 0 Å². The van der Waals surface area contributed by atoms with Gasteiger partial charge in [-0.3, -0.25) is 4.79 Å². The van der Waals surface area contributed by atoms with Crippen molar-refractivity contribution in [3.63, 3.8) is 0 Å². The standard InChI is InChI=1S/C13H13ClO2S/c1-8-4-9-7-16-12(15)13(9,5-8)6-10-2-3-11(14)17-10/h2-3,9H,1,4-7H2. The average Bonchev–Trinajstić information content (AvgIpc) is 2.87. The first-order chi connectivity index (χ1) is 8.10. The molecule has 2 atom stereocenters. The molecule has 4 heteroatoms. The third-order valence-corrected chi connectivity index (χ3v) is 5.05. The van der Waals surface area contributed by atoms with E-state index in [1.165, 1.54) is 5.57 Å². The smallest absolute Gasteiger partial charge is 0.313 e. The number of thiophene rings is 1. The highest BCUT2D eigenvalue weighted by Crippen LogP contribution is 2.52. The van der Waals surface area contributed by atoms with Crippen molar-refractivity contribution in [1.29, 1.82) is 0 Å². The lowest BCUT2D eigenvalue weighted by Crippen LogP contribution is -2.31. The minimum absolute atomic E-state index is 0.0503. The second kappa shape index (κ2) is 3.85. The minimum atomic E-state index is -0.356. The first-order valence-corrected chi connectivity index (χ1v) is 6.88. The summed E-state index contributed by atoms with van der Waals surface area (Å²) in [7, 11) is 0. The van der Waals surface area contributed by atoms with Crippen molar-refractivity contribution in [2.45, 2.75) is 19.3 Å². The van der Waals surface area contributed by atoms with Crippen molar-refractivity contribution in [2.75, 3.05) is 6.61 Å². The molecule has 0 aromatic carbocycles. The Balaban J connectivity index is 1.92. The monoisotopic (exact) mass is 268 g/mol. The van der Waals surface area contributed by atoms with Crippen LogP contribution in [0, 0.1) is 11.3 Å². The Labute approximate surface area is 109 Å². The molecule has 0 amide bonds. The molecule has 2 unspecified atom stereocenters. The molecule has 1 saturated heterocycles. The van der Waals surface area contributed by atoms with Gasteiger partial charge in [0, 0.05) is 10.8 Å². The second-order valence-electron chi connectivity index (χ2n) is 4.97. The largest absolute Gasteiger partial charge is 0.465 e. The molecule has 1 aliphatic carbocycles. The zero-order valence-electron chi connectivity index (χ0n) is 9.37. The van der Waals surface area contributed by atoms with Crippen LogP contribution in [0.25, 0.3) is 0 Å². The van der Waals surface area contributed by atoms with E-state index in [-0.39, 0.29) is 11.4 Å². The van der Waals surface area contributed by atoms with Gasteiger partial charge in [-0.2, -0.15) is 0 Å². The summed E-state index contributed by atoms with van der Waals surface area (Å²) in [6.07, 6.45) is 2.43. The van der Waals surface area contributed by atoms with Crippen molar-refractivity contribution in [3.8, 4) is 0 Å². The van der Waals surface area contributed by atoms with Crippen molar-refractivity contribution < 1.29 is 9.53 Å². The maximum atomic E-state index is 12.0. The highest BCUT2D eigenvalue weighted by molar-refractivity contribution is 7.16. The van der Waals surface area contributed by atoms with E-state index in [2.05, 4.69) is 6.58 Å². The molecule has 1 saturated carbocycles. The molecule has 1 aromatic heterocycles. The topological polar surface area (TPSA) is 26.3 Å². The molecule has 1 aliphatic heterocycles. The highest BCUT2D eigenvalue weighted by Gasteiger charge is 2.56. The molecule has 1 aromatic rings. The van der Waals surface area contributed by atoms with Crippen molar-refractivity contribution in [2.24, 2.45) is 11.3 Å². The van der Waals surface area contributed by atoms with Crippen LogP contribution in [-0.4, -0.2) is 12.6 Å². The molecule has 0 spiro atoms. The Kier molecular flexibility index (Phi) is 2.56. The van der Waals surface area contributed by atoms with E-state index in [1.54, 1.807) is 11.3 Å². The predicted octanol–water partition coefficient (Wildman–Crippen LogP) is 3.45. The van der Waals surface area contributed by atoms with Crippen LogP contribution in [0.1, 0.15) is 17.7 Å². The highest BCUT2D eigenvalue weighted by atomic mass is 35.5. The van der Waals surface area contributed by atoms with Gasteiger partial charge in [0.25, 0.3) is 0 Å². The number of hydrogen-bond donors (Lipinski definition) is 0. The van der Waals surface area contributed by atoms with E-state index >= 15 is 0 Å². The van der Waals surface area contributed by atoms with Crippen LogP contribution in [0.2, 0.25) is 4.34 Å². The molecule has 0 radical (unpaired) electrons. The fourth-order valence-corrected chi connectivity index (χ4v) is 4.23. The van der Waals surface area contributed by atoms with Crippen LogP contribution in [0.3, 0.4) is 0 Å². The van der Waals surface area contributed by atoms with Gasteiger partial charge in [0.1, 0.15) is 0 Å². The van der Waals surface area contributed by atoms with Gasteiger partial charge in [0.15, 0.2) is 0 Å². The number of fused-ring (bicyclic) bond motifs is 1. The molecule has 2 fully saturated rings. The first kappa shape index (κ1) is 11.3. The zero-order chi connectivity index (χ0) is 12.0. The first-order valence-electron chi connectivity index (χ1n) is 5.68. The van der Waals surface area contributed by atoms with Gasteiger partial charge in [0.05, 0.1) is 16.4 Å². The lowest BCUT2D eigenvalue weighted by atomic mass is 9.77. The molecule has 2 aliphatic rings. The third-order valence-electron chi connectivity index (χ3n) is 3.82. The lowest BCUT2D eigenvalue weighted by Gasteiger charge is -2.22. The number of allylic oxidation sites excluding steroid dienone is 1. The Morgan fingerprint density at radius 1 is 1.59 bits per heavy atom. The SMILES string of the molecule is C=C1CC2COC(=O)C2(Cc2ccc(Cl)s2)C1. The number of carbonyl (C=O) groups excluding carboxylic acids is 1. The maximum Gasteiger partial charge on any atom is 0.313 e. The van der Waals surface area contributed by atoms with Crippen molar-refractivity contribution in [1.82, 2.24) is 0 Å². The fourth-order valence-electron chi connectivity index (χ4n) is 3.02. The van der Waals surface area contributed by atoms with Crippen LogP contribution in [-0.2, 0) is 16.0 Å². The van der Waals surface area contributed by atoms with Gasteiger partial charge in [0.2, 0.25) is 0 Å². The van der Waals surface area contributed by atoms with Gasteiger partial charge in [-0.15, -0.1) is 11.3 Å². The van der Waals surface area contributed by atoms with E-state index in [4.69, 9.17) is 16.3 Å². The van der Waals surface area contributed by atoms with Crippen molar-refractivity contribution >= 4 is 28.9 Å². The number of carbonyl (C=O) groups is 1. The normalized spacial score (nSPS) is 31.7. The fraction of sp³-hybridized carbons (Fsp3) is 0.462. The summed E-state index contributed by atoms with van der Waals surface area (Å²) in [6, 6.07) is 3.89. The molecule has 90 valence electrons. The quantitative estimate of drug-likeness (QED) is 0.607. The predicted molar refractivity (Wildman–Crippen MR) is 68.3 cm³/mol. The van der Waals surface area contributed by atoms with Crippen LogP contribution in [0.5, 0.6) is 0 Å². The average molecular weight is 269 g/mol. The van der Waals surface area contributed by atoms with Gasteiger partial charge >= 0.3 is 5.97 Å². The number of hydrogen-bond acceptors (Lipinski definition) is 3. The van der Waals surface area contributed by atoms with Crippen LogP contribution in [0.15, 0.2) is 24.3 Å². The Morgan fingerprint density at radius 2 is 2.41 bits per heavy atom. The third kappa shape index (κ3) is 1.72. The summed E-state index contributed by atoms with van der Waals surface area (Å²) >= 11 is 7.49. The summed E-state index contributed by atoms with van der Waals surface area (Å²) < 4.78 is 6.02. The molecular formula is C13H13ClO2S. The second-order valence-corrected chi connectivity index (χ2v) is 6.76. The van der Waals surface area contributed by atoms with Crippen LogP contribution < -0.4 is 0 Å². The number of cyclic esters (lactones) is 1. The van der Waals surface area contributed by atoms with E-state index in [0.29, 0.717) is 12.5 Å². The van der Waals surface area contributed by atoms with E-state index in [9.17, 15) is 4.79 Å². The molecule has 0 N–H and O–H groups in total. The molecule has 3 rings (SSSR count). The van der Waals surface area contributed by atoms with E-state index in [0.717, 1.165) is 28.5 Å². The summed E-state index contributed by atoms with van der Waals surface area (Å²) in [5, 5.41) is 0. The Hall–Kier alpha value is -0.800. The summed E-state index contributed by atoms with van der Waals surface area (Å²) in [5.41, 5.74) is 0.819. The van der Waals surface area contributed by atoms with Crippen LogP contribution >= 0.6 is 22.9 Å². The Morgan fingerprint density at radius 3 is 3.12 bits per heavy atom. The Bertz CT molecular complexity index is 493. The number of rotatable bonds is 2. The minimum Gasteiger partial charge on any atom is -0.465 e. The summed E-state index contributed by atoms with van der Waals surface area (Å²) in [6.45, 7) is 4.59. The number of halogens is 1. The summed E-state index contributed by atoms with van der Waals surface area (Å²) in [5.74, 6) is 0.258. The van der Waals surface area contributed by atoms with Gasteiger partial charge in [-0.1, -0.05) is 23.8 Å². The lowest BCUT2D eigenvalue weighted by molar-refractivity contribution is -0.146.